The molecule has 0 saturated heterocycles. The Balaban J connectivity index is 4.53. The van der Waals surface area contributed by atoms with Crippen LogP contribution in [0.2, 0.25) is 0 Å². The van der Waals surface area contributed by atoms with Gasteiger partial charge in [-0.05, 0) is 34.6 Å². The highest BCUT2D eigenvalue weighted by Gasteiger charge is 2.27. The predicted molar refractivity (Wildman–Crippen MR) is 62.4 cm³/mol. The maximum absolute atomic E-state index is 11.4. The van der Waals surface area contributed by atoms with E-state index in [2.05, 4.69) is 10.6 Å². The number of nitrogens with one attached hydrogen (secondary N) is 2. The molecule has 94 valence electrons. The van der Waals surface area contributed by atoms with Gasteiger partial charge in [0.25, 0.3) is 0 Å². The standard InChI is InChI=1S/C11H22N2O3/c1-7(14)9(13-10(15)12-6)8(2)16-11(3,4)5/h8-9H,1-6H3,(H2,12,13,15)/t8?,9-/m1/s1. The van der Waals surface area contributed by atoms with Gasteiger partial charge in [-0.15, -0.1) is 0 Å². The minimum absolute atomic E-state index is 0.125. The lowest BCUT2D eigenvalue weighted by molar-refractivity contribution is -0.126. The molecule has 0 spiro atoms. The first-order valence-corrected chi connectivity index (χ1v) is 5.34. The molecule has 2 amide bonds. The molecule has 0 aromatic carbocycles. The summed E-state index contributed by atoms with van der Waals surface area (Å²) in [7, 11) is 1.50. The van der Waals surface area contributed by atoms with Gasteiger partial charge in [0.15, 0.2) is 5.78 Å². The van der Waals surface area contributed by atoms with Crippen LogP contribution in [0.25, 0.3) is 0 Å². The fraction of sp³-hybridized carbons (Fsp3) is 0.818. The maximum Gasteiger partial charge on any atom is 0.315 e. The van der Waals surface area contributed by atoms with E-state index in [1.165, 1.54) is 14.0 Å². The van der Waals surface area contributed by atoms with Gasteiger partial charge in [0.05, 0.1) is 11.7 Å². The molecule has 2 N–H and O–H groups in total. The summed E-state index contributed by atoms with van der Waals surface area (Å²) in [4.78, 5) is 22.6. The molecule has 0 aliphatic rings. The fourth-order valence-corrected chi connectivity index (χ4v) is 1.39. The van der Waals surface area contributed by atoms with Gasteiger partial charge in [0.1, 0.15) is 6.04 Å². The number of urea groups is 1. The second-order valence-corrected chi connectivity index (χ2v) is 4.75. The molecule has 0 saturated carbocycles. The van der Waals surface area contributed by atoms with Crippen molar-refractivity contribution >= 4 is 11.8 Å². The molecule has 5 nitrogen and oxygen atoms in total. The van der Waals surface area contributed by atoms with Crippen LogP contribution in [0.5, 0.6) is 0 Å². The van der Waals surface area contributed by atoms with E-state index >= 15 is 0 Å². The van der Waals surface area contributed by atoms with Crippen molar-refractivity contribution < 1.29 is 14.3 Å². The average molecular weight is 230 g/mol. The SMILES string of the molecule is CNC(=O)N[C@H](C(C)=O)C(C)OC(C)(C)C. The van der Waals surface area contributed by atoms with Crippen LogP contribution in [0.15, 0.2) is 0 Å². The van der Waals surface area contributed by atoms with Crippen LogP contribution in [-0.2, 0) is 9.53 Å². The number of ether oxygens (including phenoxy) is 1. The number of ketones is 1. The van der Waals surface area contributed by atoms with Gasteiger partial charge in [-0.2, -0.15) is 0 Å². The van der Waals surface area contributed by atoms with Crippen molar-refractivity contribution in [3.63, 3.8) is 0 Å². The molecule has 0 aromatic heterocycles. The lowest BCUT2D eigenvalue weighted by Gasteiger charge is -2.30. The van der Waals surface area contributed by atoms with Gasteiger partial charge in [-0.25, -0.2) is 4.79 Å². The van der Waals surface area contributed by atoms with Crippen molar-refractivity contribution in [1.82, 2.24) is 10.6 Å². The lowest BCUT2D eigenvalue weighted by Crippen LogP contribution is -2.51. The van der Waals surface area contributed by atoms with E-state index in [-0.39, 0.29) is 23.5 Å². The minimum Gasteiger partial charge on any atom is -0.370 e. The van der Waals surface area contributed by atoms with Crippen molar-refractivity contribution in [2.75, 3.05) is 7.05 Å². The van der Waals surface area contributed by atoms with Gasteiger partial charge in [-0.3, -0.25) is 4.79 Å². The van der Waals surface area contributed by atoms with E-state index in [1.807, 2.05) is 20.8 Å². The number of carbonyl (C=O) groups excluding carboxylic acids is 2. The molecule has 2 atom stereocenters. The summed E-state index contributed by atoms with van der Waals surface area (Å²) in [5, 5.41) is 4.97. The highest BCUT2D eigenvalue weighted by molar-refractivity contribution is 5.87. The Labute approximate surface area is 96.9 Å². The monoisotopic (exact) mass is 230 g/mol. The highest BCUT2D eigenvalue weighted by atomic mass is 16.5. The lowest BCUT2D eigenvalue weighted by atomic mass is 10.1. The summed E-state index contributed by atoms with van der Waals surface area (Å²) < 4.78 is 5.64. The number of amides is 2. The van der Waals surface area contributed by atoms with Gasteiger partial charge < -0.3 is 15.4 Å². The number of carbonyl (C=O) groups is 2. The molecule has 0 radical (unpaired) electrons. The van der Waals surface area contributed by atoms with Gasteiger partial charge in [-0.1, -0.05) is 0 Å². The quantitative estimate of drug-likeness (QED) is 0.759. The minimum atomic E-state index is -0.626. The molecule has 0 bridgehead atoms. The third kappa shape index (κ3) is 5.70. The van der Waals surface area contributed by atoms with Crippen molar-refractivity contribution in [3.05, 3.63) is 0 Å². The number of rotatable bonds is 4. The molecular weight excluding hydrogens is 208 g/mol. The third-order valence-electron chi connectivity index (χ3n) is 1.96. The van der Waals surface area contributed by atoms with Crippen molar-refractivity contribution in [2.45, 2.75) is 52.4 Å². The zero-order chi connectivity index (χ0) is 12.9. The summed E-state index contributed by atoms with van der Waals surface area (Å²) in [6, 6.07) is -1.01. The Morgan fingerprint density at radius 1 is 1.25 bits per heavy atom. The molecule has 5 heteroatoms. The van der Waals surface area contributed by atoms with Crippen molar-refractivity contribution in [1.29, 1.82) is 0 Å². The largest absolute Gasteiger partial charge is 0.370 e. The van der Waals surface area contributed by atoms with Crippen LogP contribution in [0.3, 0.4) is 0 Å². The van der Waals surface area contributed by atoms with Crippen LogP contribution in [0, 0.1) is 0 Å². The highest BCUT2D eigenvalue weighted by Crippen LogP contribution is 2.13. The van der Waals surface area contributed by atoms with Crippen LogP contribution >= 0.6 is 0 Å². The summed E-state index contributed by atoms with van der Waals surface area (Å²) in [5.74, 6) is -0.125. The van der Waals surface area contributed by atoms with E-state index < -0.39 is 6.04 Å². The Bertz CT molecular complexity index is 258. The smallest absolute Gasteiger partial charge is 0.315 e. The van der Waals surface area contributed by atoms with Crippen LogP contribution in [0.1, 0.15) is 34.6 Å². The molecule has 0 aromatic rings. The van der Waals surface area contributed by atoms with Crippen molar-refractivity contribution in [2.24, 2.45) is 0 Å². The van der Waals surface area contributed by atoms with Crippen LogP contribution in [0.4, 0.5) is 4.79 Å². The van der Waals surface area contributed by atoms with E-state index in [4.69, 9.17) is 4.74 Å². The Morgan fingerprint density at radius 2 is 1.75 bits per heavy atom. The second-order valence-electron chi connectivity index (χ2n) is 4.75. The van der Waals surface area contributed by atoms with E-state index in [9.17, 15) is 9.59 Å². The number of hydrogen-bond acceptors (Lipinski definition) is 3. The van der Waals surface area contributed by atoms with Crippen LogP contribution < -0.4 is 10.6 Å². The number of hydrogen-bond donors (Lipinski definition) is 2. The third-order valence-corrected chi connectivity index (χ3v) is 1.96. The summed E-state index contributed by atoms with van der Waals surface area (Å²) >= 11 is 0. The zero-order valence-electron chi connectivity index (χ0n) is 10.9. The van der Waals surface area contributed by atoms with Gasteiger partial charge in [0, 0.05) is 7.05 Å². The van der Waals surface area contributed by atoms with E-state index in [0.717, 1.165) is 0 Å². The summed E-state index contributed by atoms with van der Waals surface area (Å²) in [6.07, 6.45) is -0.366. The average Bonchev–Trinajstić information content (AvgIpc) is 2.09. The summed E-state index contributed by atoms with van der Waals surface area (Å²) in [6.45, 7) is 8.91. The molecule has 0 aliphatic heterocycles. The fourth-order valence-electron chi connectivity index (χ4n) is 1.39. The van der Waals surface area contributed by atoms with Gasteiger partial charge >= 0.3 is 6.03 Å². The van der Waals surface area contributed by atoms with Gasteiger partial charge in [0.2, 0.25) is 0 Å². The van der Waals surface area contributed by atoms with Crippen molar-refractivity contribution in [3.8, 4) is 0 Å². The molecule has 0 aliphatic carbocycles. The molecule has 0 heterocycles. The predicted octanol–water partition coefficient (Wildman–Crippen LogP) is 1.08. The topological polar surface area (TPSA) is 67.4 Å². The summed E-state index contributed by atoms with van der Waals surface area (Å²) in [5.41, 5.74) is -0.350. The first-order chi connectivity index (χ1) is 7.17. The Hall–Kier alpha value is -1.10. The first kappa shape index (κ1) is 14.9. The zero-order valence-corrected chi connectivity index (χ0v) is 10.9. The maximum atomic E-state index is 11.4. The Kier molecular flexibility index (Phi) is 5.44. The molecule has 16 heavy (non-hydrogen) atoms. The molecule has 0 fully saturated rings. The Morgan fingerprint density at radius 3 is 2.06 bits per heavy atom. The normalized spacial score (nSPS) is 15.1. The van der Waals surface area contributed by atoms with E-state index in [1.54, 1.807) is 6.92 Å². The molecular formula is C11H22N2O3. The van der Waals surface area contributed by atoms with E-state index in [0.29, 0.717) is 0 Å². The second kappa shape index (κ2) is 5.84. The first-order valence-electron chi connectivity index (χ1n) is 5.34. The number of Topliss-reactive ketones (excluding diaryl/α,β-unsaturated/α-hetero) is 1. The molecule has 0 rings (SSSR count). The molecule has 1 unspecified atom stereocenters. The van der Waals surface area contributed by atoms with Crippen LogP contribution in [-0.4, -0.2) is 36.6 Å².